The SMILES string of the molecule is N#CCCCN1CCN(c2ccc(C(F)(F)F)cn2)CC1. The van der Waals surface area contributed by atoms with Gasteiger partial charge in [-0.25, -0.2) is 4.98 Å². The van der Waals surface area contributed by atoms with Crippen molar-refractivity contribution in [2.24, 2.45) is 0 Å². The average molecular weight is 298 g/mol. The van der Waals surface area contributed by atoms with E-state index in [1.54, 1.807) is 0 Å². The molecule has 2 heterocycles. The monoisotopic (exact) mass is 298 g/mol. The number of alkyl halides is 3. The van der Waals surface area contributed by atoms with Crippen molar-refractivity contribution in [1.29, 1.82) is 5.26 Å². The van der Waals surface area contributed by atoms with Crippen LogP contribution in [-0.2, 0) is 6.18 Å². The van der Waals surface area contributed by atoms with Gasteiger partial charge in [0.15, 0.2) is 0 Å². The summed E-state index contributed by atoms with van der Waals surface area (Å²) < 4.78 is 37.4. The fourth-order valence-electron chi connectivity index (χ4n) is 2.32. The molecule has 0 saturated carbocycles. The molecule has 0 N–H and O–H groups in total. The number of nitrogens with zero attached hydrogens (tertiary/aromatic N) is 4. The van der Waals surface area contributed by atoms with Gasteiger partial charge in [0.2, 0.25) is 0 Å². The number of piperazine rings is 1. The van der Waals surface area contributed by atoms with Crippen molar-refractivity contribution >= 4 is 5.82 Å². The fraction of sp³-hybridized carbons (Fsp3) is 0.571. The molecule has 0 spiro atoms. The minimum atomic E-state index is -4.34. The molecular weight excluding hydrogens is 281 g/mol. The maximum absolute atomic E-state index is 12.5. The Morgan fingerprint density at radius 3 is 2.43 bits per heavy atom. The minimum Gasteiger partial charge on any atom is -0.354 e. The molecule has 0 atom stereocenters. The summed E-state index contributed by atoms with van der Waals surface area (Å²) in [6.45, 7) is 4.06. The van der Waals surface area contributed by atoms with Crippen molar-refractivity contribution < 1.29 is 13.2 Å². The number of aromatic nitrogens is 1. The number of anilines is 1. The van der Waals surface area contributed by atoms with Crippen LogP contribution in [0.5, 0.6) is 0 Å². The Balaban J connectivity index is 1.86. The molecule has 0 bridgehead atoms. The highest BCUT2D eigenvalue weighted by molar-refractivity contribution is 5.40. The van der Waals surface area contributed by atoms with Crippen molar-refractivity contribution in [2.75, 3.05) is 37.6 Å². The maximum atomic E-state index is 12.5. The van der Waals surface area contributed by atoms with Crippen molar-refractivity contribution in [3.05, 3.63) is 23.9 Å². The zero-order chi connectivity index (χ0) is 15.3. The lowest BCUT2D eigenvalue weighted by Gasteiger charge is -2.35. The van der Waals surface area contributed by atoms with Crippen LogP contribution < -0.4 is 4.90 Å². The fourth-order valence-corrected chi connectivity index (χ4v) is 2.32. The number of nitriles is 1. The second-order valence-corrected chi connectivity index (χ2v) is 4.99. The Bertz CT molecular complexity index is 484. The zero-order valence-corrected chi connectivity index (χ0v) is 11.6. The van der Waals surface area contributed by atoms with E-state index in [4.69, 9.17) is 5.26 Å². The molecule has 114 valence electrons. The van der Waals surface area contributed by atoms with Gasteiger partial charge in [-0.3, -0.25) is 4.90 Å². The third-order valence-corrected chi connectivity index (χ3v) is 3.53. The van der Waals surface area contributed by atoms with E-state index < -0.39 is 11.7 Å². The van der Waals surface area contributed by atoms with Crippen molar-refractivity contribution in [3.63, 3.8) is 0 Å². The summed E-state index contributed by atoms with van der Waals surface area (Å²) in [5.74, 6) is 0.583. The van der Waals surface area contributed by atoms with E-state index in [9.17, 15) is 13.2 Å². The van der Waals surface area contributed by atoms with Gasteiger partial charge in [-0.1, -0.05) is 0 Å². The molecule has 0 aromatic carbocycles. The number of unbranched alkanes of at least 4 members (excludes halogenated alkanes) is 1. The molecule has 21 heavy (non-hydrogen) atoms. The number of pyridine rings is 1. The van der Waals surface area contributed by atoms with Crippen molar-refractivity contribution in [3.8, 4) is 6.07 Å². The van der Waals surface area contributed by atoms with E-state index in [1.807, 2.05) is 4.90 Å². The second-order valence-electron chi connectivity index (χ2n) is 4.99. The smallest absolute Gasteiger partial charge is 0.354 e. The molecule has 7 heteroatoms. The van der Waals surface area contributed by atoms with Gasteiger partial charge in [0, 0.05) is 38.8 Å². The Morgan fingerprint density at radius 2 is 1.90 bits per heavy atom. The lowest BCUT2D eigenvalue weighted by atomic mass is 10.2. The van der Waals surface area contributed by atoms with Crippen LogP contribution in [0.3, 0.4) is 0 Å². The number of hydrogen-bond acceptors (Lipinski definition) is 4. The number of halogens is 3. The van der Waals surface area contributed by atoms with E-state index in [0.29, 0.717) is 12.2 Å². The zero-order valence-electron chi connectivity index (χ0n) is 11.6. The average Bonchev–Trinajstić information content (AvgIpc) is 2.48. The predicted octanol–water partition coefficient (Wildman–Crippen LogP) is 2.53. The first-order valence-corrected chi connectivity index (χ1v) is 6.88. The first-order chi connectivity index (χ1) is 10.0. The van der Waals surface area contributed by atoms with Gasteiger partial charge in [0.05, 0.1) is 11.6 Å². The quantitative estimate of drug-likeness (QED) is 0.801. The lowest BCUT2D eigenvalue weighted by molar-refractivity contribution is -0.137. The third kappa shape index (κ3) is 4.33. The molecule has 0 amide bonds. The molecule has 1 aliphatic heterocycles. The standard InChI is InChI=1S/C14H17F3N4/c15-14(16,17)12-3-4-13(19-11-12)21-9-7-20(8-10-21)6-2-1-5-18/h3-4,11H,1-2,6-10H2. The van der Waals surface area contributed by atoms with Crippen molar-refractivity contribution in [2.45, 2.75) is 19.0 Å². The second kappa shape index (κ2) is 6.76. The van der Waals surface area contributed by atoms with E-state index in [1.165, 1.54) is 6.07 Å². The Morgan fingerprint density at radius 1 is 1.19 bits per heavy atom. The Hall–Kier alpha value is -1.81. The molecule has 0 aliphatic carbocycles. The van der Waals surface area contributed by atoms with Crippen LogP contribution in [0.2, 0.25) is 0 Å². The molecule has 4 nitrogen and oxygen atoms in total. The first kappa shape index (κ1) is 15.6. The molecule has 2 rings (SSSR count). The van der Waals surface area contributed by atoms with Gasteiger partial charge in [0.1, 0.15) is 5.82 Å². The summed E-state index contributed by atoms with van der Waals surface area (Å²) in [7, 11) is 0. The first-order valence-electron chi connectivity index (χ1n) is 6.88. The van der Waals surface area contributed by atoms with Crippen LogP contribution in [0.1, 0.15) is 18.4 Å². The van der Waals surface area contributed by atoms with Crippen LogP contribution in [0.25, 0.3) is 0 Å². The van der Waals surface area contributed by atoms with E-state index >= 15 is 0 Å². The molecule has 0 unspecified atom stereocenters. The largest absolute Gasteiger partial charge is 0.417 e. The van der Waals surface area contributed by atoms with E-state index in [0.717, 1.165) is 51.4 Å². The Kier molecular flexibility index (Phi) is 5.02. The maximum Gasteiger partial charge on any atom is 0.417 e. The highest BCUT2D eigenvalue weighted by Gasteiger charge is 2.31. The van der Waals surface area contributed by atoms with Gasteiger partial charge in [0.25, 0.3) is 0 Å². The van der Waals surface area contributed by atoms with Crippen LogP contribution in [-0.4, -0.2) is 42.6 Å². The van der Waals surface area contributed by atoms with Gasteiger partial charge in [-0.2, -0.15) is 18.4 Å². The van der Waals surface area contributed by atoms with Gasteiger partial charge >= 0.3 is 6.18 Å². The van der Waals surface area contributed by atoms with E-state index in [2.05, 4.69) is 16.0 Å². The molecule has 0 radical (unpaired) electrons. The van der Waals surface area contributed by atoms with Crippen molar-refractivity contribution in [1.82, 2.24) is 9.88 Å². The normalized spacial score (nSPS) is 16.8. The van der Waals surface area contributed by atoms with Crippen LogP contribution in [0.15, 0.2) is 18.3 Å². The minimum absolute atomic E-state index is 0.556. The Labute approximate surface area is 121 Å². The summed E-state index contributed by atoms with van der Waals surface area (Å²) in [6.07, 6.45) is -2.05. The van der Waals surface area contributed by atoms with E-state index in [-0.39, 0.29) is 0 Å². The molecule has 1 aliphatic rings. The molecule has 1 fully saturated rings. The van der Waals surface area contributed by atoms with Gasteiger partial charge in [-0.05, 0) is 25.1 Å². The predicted molar refractivity (Wildman–Crippen MR) is 72.7 cm³/mol. The summed E-state index contributed by atoms with van der Waals surface area (Å²) in [5, 5.41) is 8.50. The highest BCUT2D eigenvalue weighted by Crippen LogP contribution is 2.29. The number of hydrogen-bond donors (Lipinski definition) is 0. The summed E-state index contributed by atoms with van der Waals surface area (Å²) >= 11 is 0. The van der Waals surface area contributed by atoms with Crippen LogP contribution in [0, 0.1) is 11.3 Å². The third-order valence-electron chi connectivity index (χ3n) is 3.53. The van der Waals surface area contributed by atoms with Gasteiger partial charge in [-0.15, -0.1) is 0 Å². The number of rotatable bonds is 4. The molecule has 1 saturated heterocycles. The summed E-state index contributed by atoms with van der Waals surface area (Å²) in [4.78, 5) is 8.16. The molecule has 1 aromatic rings. The topological polar surface area (TPSA) is 43.2 Å². The molecular formula is C14H17F3N4. The highest BCUT2D eigenvalue weighted by atomic mass is 19.4. The van der Waals surface area contributed by atoms with Crippen LogP contribution >= 0.6 is 0 Å². The lowest BCUT2D eigenvalue weighted by Crippen LogP contribution is -2.46. The summed E-state index contributed by atoms with van der Waals surface area (Å²) in [5.41, 5.74) is -0.721. The van der Waals surface area contributed by atoms with Gasteiger partial charge < -0.3 is 4.90 Å². The molecule has 1 aromatic heterocycles. The van der Waals surface area contributed by atoms with Crippen LogP contribution in [0.4, 0.5) is 19.0 Å². The summed E-state index contributed by atoms with van der Waals surface area (Å²) in [6, 6.07) is 4.62.